The second kappa shape index (κ2) is 5.45. The Hall–Kier alpha value is -1.63. The third kappa shape index (κ3) is 3.20. The van der Waals surface area contributed by atoms with Crippen molar-refractivity contribution in [3.8, 4) is 0 Å². The minimum atomic E-state index is -0.501. The fraction of sp³-hybridized carbons (Fsp3) is 0.222. The van der Waals surface area contributed by atoms with E-state index in [9.17, 15) is 14.9 Å². The summed E-state index contributed by atoms with van der Waals surface area (Å²) < 4.78 is 0.706. The molecule has 6 nitrogen and oxygen atoms in total. The van der Waals surface area contributed by atoms with Crippen LogP contribution in [0.1, 0.15) is 0 Å². The highest BCUT2D eigenvalue weighted by atomic mass is 79.9. The van der Waals surface area contributed by atoms with Gasteiger partial charge >= 0.3 is 0 Å². The number of nitrogens with zero attached hydrogens (tertiary/aromatic N) is 1. The first-order chi connectivity index (χ1) is 7.54. The first-order valence-electron chi connectivity index (χ1n) is 4.43. The summed E-state index contributed by atoms with van der Waals surface area (Å²) >= 11 is 3.21. The van der Waals surface area contributed by atoms with Gasteiger partial charge in [-0.2, -0.15) is 0 Å². The number of hydrogen-bond donors (Lipinski definition) is 2. The molecule has 0 saturated heterocycles. The quantitative estimate of drug-likeness (QED) is 0.649. The number of rotatable bonds is 4. The van der Waals surface area contributed by atoms with Gasteiger partial charge in [-0.1, -0.05) is 15.9 Å². The lowest BCUT2D eigenvalue weighted by Gasteiger charge is -2.06. The van der Waals surface area contributed by atoms with Crippen molar-refractivity contribution < 1.29 is 9.72 Å². The van der Waals surface area contributed by atoms with Gasteiger partial charge in [-0.05, 0) is 12.1 Å². The van der Waals surface area contributed by atoms with Crippen LogP contribution in [0.15, 0.2) is 22.7 Å². The lowest BCUT2D eigenvalue weighted by atomic mass is 10.2. The first kappa shape index (κ1) is 12.4. The topological polar surface area (TPSA) is 84.3 Å². The van der Waals surface area contributed by atoms with Crippen LogP contribution in [-0.4, -0.2) is 24.4 Å². The molecule has 0 aliphatic heterocycles. The Morgan fingerprint density at radius 1 is 1.56 bits per heavy atom. The van der Waals surface area contributed by atoms with Crippen LogP contribution in [0.2, 0.25) is 0 Å². The SMILES string of the molecule is CNC(=O)CNc1cc(Br)ccc1[N+](=O)[O-]. The normalized spacial score (nSPS) is 9.62. The van der Waals surface area contributed by atoms with Crippen LogP contribution in [0.25, 0.3) is 0 Å². The van der Waals surface area contributed by atoms with E-state index in [1.807, 2.05) is 0 Å². The molecule has 0 bridgehead atoms. The number of benzene rings is 1. The monoisotopic (exact) mass is 287 g/mol. The van der Waals surface area contributed by atoms with E-state index in [1.165, 1.54) is 13.1 Å². The van der Waals surface area contributed by atoms with E-state index in [4.69, 9.17) is 0 Å². The molecule has 16 heavy (non-hydrogen) atoms. The molecular formula is C9H10BrN3O3. The van der Waals surface area contributed by atoms with Gasteiger partial charge in [-0.25, -0.2) is 0 Å². The largest absolute Gasteiger partial charge is 0.371 e. The van der Waals surface area contributed by atoms with Crippen LogP contribution < -0.4 is 10.6 Å². The number of nitro benzene ring substituents is 1. The molecule has 0 fully saturated rings. The molecule has 2 N–H and O–H groups in total. The van der Waals surface area contributed by atoms with Crippen LogP contribution in [-0.2, 0) is 4.79 Å². The maximum Gasteiger partial charge on any atom is 0.292 e. The molecule has 0 aliphatic rings. The molecular weight excluding hydrogens is 278 g/mol. The molecule has 7 heteroatoms. The fourth-order valence-corrected chi connectivity index (χ4v) is 1.43. The maximum atomic E-state index is 11.0. The van der Waals surface area contributed by atoms with E-state index < -0.39 is 4.92 Å². The minimum absolute atomic E-state index is 0.00616. The van der Waals surface area contributed by atoms with Crippen molar-refractivity contribution in [1.82, 2.24) is 5.32 Å². The van der Waals surface area contributed by atoms with Crippen LogP contribution in [0, 0.1) is 10.1 Å². The average Bonchev–Trinajstić information content (AvgIpc) is 2.25. The third-order valence-corrected chi connectivity index (χ3v) is 2.37. The molecule has 1 aromatic rings. The molecule has 0 saturated carbocycles. The van der Waals surface area contributed by atoms with Crippen LogP contribution in [0.3, 0.4) is 0 Å². The van der Waals surface area contributed by atoms with E-state index in [0.29, 0.717) is 10.2 Å². The highest BCUT2D eigenvalue weighted by Gasteiger charge is 2.13. The molecule has 1 rings (SSSR count). The Balaban J connectivity index is 2.88. The molecule has 1 aromatic carbocycles. The van der Waals surface area contributed by atoms with E-state index in [2.05, 4.69) is 26.6 Å². The summed E-state index contributed by atoms with van der Waals surface area (Å²) in [6, 6.07) is 4.50. The fourth-order valence-electron chi connectivity index (χ4n) is 1.07. The Morgan fingerprint density at radius 3 is 2.81 bits per heavy atom. The molecule has 1 amide bonds. The van der Waals surface area contributed by atoms with Crippen molar-refractivity contribution in [2.45, 2.75) is 0 Å². The van der Waals surface area contributed by atoms with Gasteiger partial charge in [0.25, 0.3) is 5.69 Å². The van der Waals surface area contributed by atoms with Gasteiger partial charge in [0.1, 0.15) is 5.69 Å². The zero-order valence-electron chi connectivity index (χ0n) is 8.49. The first-order valence-corrected chi connectivity index (χ1v) is 5.22. The standard InChI is InChI=1S/C9H10BrN3O3/c1-11-9(14)5-12-7-4-6(10)2-3-8(7)13(15)16/h2-4,12H,5H2,1H3,(H,11,14). The zero-order chi connectivity index (χ0) is 12.1. The highest BCUT2D eigenvalue weighted by Crippen LogP contribution is 2.27. The van der Waals surface area contributed by atoms with Crippen molar-refractivity contribution in [3.63, 3.8) is 0 Å². The summed E-state index contributed by atoms with van der Waals surface area (Å²) in [6.07, 6.45) is 0. The Morgan fingerprint density at radius 2 is 2.25 bits per heavy atom. The number of carbonyl (C=O) groups is 1. The Bertz CT molecular complexity index is 422. The molecule has 0 unspecified atom stereocenters. The Labute approximate surface area is 100 Å². The molecule has 0 aliphatic carbocycles. The number of nitrogens with one attached hydrogen (secondary N) is 2. The third-order valence-electron chi connectivity index (χ3n) is 1.87. The van der Waals surface area contributed by atoms with Crippen molar-refractivity contribution in [2.75, 3.05) is 18.9 Å². The van der Waals surface area contributed by atoms with Gasteiger partial charge in [0.15, 0.2) is 0 Å². The summed E-state index contributed by atoms with van der Waals surface area (Å²) in [7, 11) is 1.50. The van der Waals surface area contributed by atoms with Gasteiger partial charge < -0.3 is 10.6 Å². The number of nitro groups is 1. The number of likely N-dealkylation sites (N-methyl/N-ethyl adjacent to an activating group) is 1. The lowest BCUT2D eigenvalue weighted by molar-refractivity contribution is -0.384. The van der Waals surface area contributed by atoms with Gasteiger partial charge in [0, 0.05) is 17.6 Å². The molecule has 0 spiro atoms. The van der Waals surface area contributed by atoms with Crippen LogP contribution in [0.5, 0.6) is 0 Å². The zero-order valence-corrected chi connectivity index (χ0v) is 10.1. The van der Waals surface area contributed by atoms with Gasteiger partial charge in [0.05, 0.1) is 11.5 Å². The molecule has 0 radical (unpaired) electrons. The van der Waals surface area contributed by atoms with E-state index in [0.717, 1.165) is 0 Å². The van der Waals surface area contributed by atoms with E-state index >= 15 is 0 Å². The second-order valence-corrected chi connectivity index (χ2v) is 3.86. The number of amides is 1. The van der Waals surface area contributed by atoms with Crippen molar-refractivity contribution in [3.05, 3.63) is 32.8 Å². The summed E-state index contributed by atoms with van der Waals surface area (Å²) in [5, 5.41) is 15.8. The van der Waals surface area contributed by atoms with Crippen molar-refractivity contribution in [1.29, 1.82) is 0 Å². The minimum Gasteiger partial charge on any atom is -0.371 e. The number of carbonyl (C=O) groups excluding carboxylic acids is 1. The van der Waals surface area contributed by atoms with Crippen molar-refractivity contribution in [2.24, 2.45) is 0 Å². The average molecular weight is 288 g/mol. The summed E-state index contributed by atoms with van der Waals surface area (Å²) in [4.78, 5) is 21.2. The summed E-state index contributed by atoms with van der Waals surface area (Å²) in [5.41, 5.74) is 0.245. The van der Waals surface area contributed by atoms with Gasteiger partial charge in [0.2, 0.25) is 5.91 Å². The smallest absolute Gasteiger partial charge is 0.292 e. The van der Waals surface area contributed by atoms with Crippen molar-refractivity contribution >= 4 is 33.2 Å². The highest BCUT2D eigenvalue weighted by molar-refractivity contribution is 9.10. The maximum absolute atomic E-state index is 11.0. The van der Waals surface area contributed by atoms with Crippen LogP contribution in [0.4, 0.5) is 11.4 Å². The second-order valence-electron chi connectivity index (χ2n) is 2.95. The predicted molar refractivity (Wildman–Crippen MR) is 63.4 cm³/mol. The number of anilines is 1. The molecule has 0 aromatic heterocycles. The molecule has 86 valence electrons. The molecule has 0 atom stereocenters. The van der Waals surface area contributed by atoms with Gasteiger partial charge in [-0.3, -0.25) is 14.9 Å². The van der Waals surface area contributed by atoms with E-state index in [1.54, 1.807) is 12.1 Å². The number of halogens is 1. The summed E-state index contributed by atoms with van der Waals surface area (Å²) in [6.45, 7) is -0.00616. The lowest BCUT2D eigenvalue weighted by Crippen LogP contribution is -2.26. The number of hydrogen-bond acceptors (Lipinski definition) is 4. The molecule has 0 heterocycles. The van der Waals surface area contributed by atoms with E-state index in [-0.39, 0.29) is 18.1 Å². The summed E-state index contributed by atoms with van der Waals surface area (Å²) in [5.74, 6) is -0.241. The van der Waals surface area contributed by atoms with Crippen LogP contribution >= 0.6 is 15.9 Å². The van der Waals surface area contributed by atoms with Gasteiger partial charge in [-0.15, -0.1) is 0 Å². The Kier molecular flexibility index (Phi) is 4.24. The predicted octanol–water partition coefficient (Wildman–Crippen LogP) is 1.52.